The minimum absolute atomic E-state index is 0.0706. The maximum absolute atomic E-state index is 12.2. The van der Waals surface area contributed by atoms with Gasteiger partial charge in [0.1, 0.15) is 31.2 Å². The third kappa shape index (κ3) is 6.57. The van der Waals surface area contributed by atoms with Gasteiger partial charge >= 0.3 is 17.2 Å². The highest BCUT2D eigenvalue weighted by Gasteiger charge is 2.65. The molecule has 13 heteroatoms. The van der Waals surface area contributed by atoms with Crippen molar-refractivity contribution in [3.63, 3.8) is 0 Å². The van der Waals surface area contributed by atoms with Crippen molar-refractivity contribution in [3.8, 4) is 0 Å². The number of nitrogens with zero attached hydrogens (tertiary/aromatic N) is 4. The van der Waals surface area contributed by atoms with Gasteiger partial charge in [-0.3, -0.25) is 4.85 Å². The molecule has 5 atom stereocenters. The molecule has 4 aliphatic carbocycles. The maximum atomic E-state index is 12.2. The number of rotatable bonds is 0. The lowest BCUT2D eigenvalue weighted by atomic mass is 9.73. The summed E-state index contributed by atoms with van der Waals surface area (Å²) in [5, 5.41) is 21.3. The number of carbonyl (C=O) groups is 1. The summed E-state index contributed by atoms with van der Waals surface area (Å²) in [6, 6.07) is 0. The first-order valence-corrected chi connectivity index (χ1v) is 16.8. The number of ether oxygens (including phenoxy) is 6. The third-order valence-electron chi connectivity index (χ3n) is 10.8. The average molecular weight is 665 g/mol. The fourth-order valence-corrected chi connectivity index (χ4v) is 8.19. The van der Waals surface area contributed by atoms with Crippen LogP contribution >= 0.6 is 0 Å². The molecular weight excluding hydrogens is 620 g/mol. The van der Waals surface area contributed by atoms with Gasteiger partial charge in [0, 0.05) is 37.2 Å². The summed E-state index contributed by atoms with van der Waals surface area (Å²) in [7, 11) is 1.68. The van der Waals surface area contributed by atoms with E-state index in [2.05, 4.69) is 20.6 Å². The standard InChI is InChI=1S/C15H16N2O2.C15H17NO5.C5H11NO2/c1-16-15(17-2)7-4-3-5-12-11-14(8-6-13(12)15)18-9-10-19-14;1-16-15-8-12(21-13(15)18)11(17)6-9-7-14(3-2-10(9)15)19-4-5-20-14;1-6(7)2-4-8-5-3-6/h3-4,6,12H,5,7-11H2;2,9,11-12,17H,3-8H2;2-5H2,1H3/t;9-,11-,12+,15+;/m.1./s1. The SMILES string of the molecule is C[N+]1([O-])CCOCC1.[C-]#[N+]C1([N+]#[C-])CC=CCC2CC3(CC=C21)OCCO3.[C-]#[N+][C@]12C[C@H](OC1=O)[C@H](O)C[C@@H]1CC3(CC=C12)OCCO3. The molecule has 8 rings (SSSR count). The Kier molecular flexibility index (Phi) is 9.85. The number of hydroxylamine groups is 3. The largest absolute Gasteiger partial charge is 0.633 e. The summed E-state index contributed by atoms with van der Waals surface area (Å²) in [5.41, 5.74) is -0.497. The highest BCUT2D eigenvalue weighted by atomic mass is 16.7. The molecule has 8 aliphatic rings. The Morgan fingerprint density at radius 1 is 0.812 bits per heavy atom. The number of esters is 1. The molecule has 4 saturated heterocycles. The summed E-state index contributed by atoms with van der Waals surface area (Å²) >= 11 is 0. The molecule has 48 heavy (non-hydrogen) atoms. The first-order chi connectivity index (χ1) is 23.0. The van der Waals surface area contributed by atoms with E-state index in [-0.39, 0.29) is 22.9 Å². The second-order valence-corrected chi connectivity index (χ2v) is 14.0. The van der Waals surface area contributed by atoms with Crippen LogP contribution in [0.5, 0.6) is 0 Å². The number of allylic oxidation sites excluding steroid dienone is 1. The molecule has 13 nitrogen and oxygen atoms in total. The van der Waals surface area contributed by atoms with E-state index < -0.39 is 41.0 Å². The van der Waals surface area contributed by atoms with Gasteiger partial charge in [-0.2, -0.15) is 0 Å². The van der Waals surface area contributed by atoms with Crippen molar-refractivity contribution in [1.29, 1.82) is 0 Å². The Morgan fingerprint density at radius 3 is 1.94 bits per heavy atom. The lowest BCUT2D eigenvalue weighted by Crippen LogP contribution is -2.46. The van der Waals surface area contributed by atoms with Gasteiger partial charge in [0.2, 0.25) is 0 Å². The minimum Gasteiger partial charge on any atom is -0.633 e. The molecule has 1 saturated carbocycles. The van der Waals surface area contributed by atoms with Crippen molar-refractivity contribution in [3.05, 3.63) is 74.9 Å². The van der Waals surface area contributed by atoms with E-state index in [1.807, 2.05) is 18.2 Å². The first-order valence-electron chi connectivity index (χ1n) is 16.8. The molecule has 1 unspecified atom stereocenters. The Balaban J connectivity index is 0.000000137. The Morgan fingerprint density at radius 2 is 1.40 bits per heavy atom. The van der Waals surface area contributed by atoms with E-state index in [4.69, 9.17) is 48.1 Å². The average Bonchev–Trinajstić information content (AvgIpc) is 3.77. The number of aliphatic hydroxyl groups is 1. The van der Waals surface area contributed by atoms with Crippen LogP contribution in [0.25, 0.3) is 14.5 Å². The van der Waals surface area contributed by atoms with Gasteiger partial charge in [0.15, 0.2) is 11.6 Å². The summed E-state index contributed by atoms with van der Waals surface area (Å²) in [4.78, 5) is 23.2. The summed E-state index contributed by atoms with van der Waals surface area (Å²) in [6.45, 7) is 27.3. The van der Waals surface area contributed by atoms with Crippen molar-refractivity contribution < 1.29 is 43.0 Å². The second-order valence-electron chi connectivity index (χ2n) is 14.0. The van der Waals surface area contributed by atoms with Crippen LogP contribution in [0.15, 0.2) is 35.5 Å². The van der Waals surface area contributed by atoms with Crippen LogP contribution < -0.4 is 0 Å². The van der Waals surface area contributed by atoms with Gasteiger partial charge in [-0.1, -0.05) is 24.3 Å². The van der Waals surface area contributed by atoms with Crippen LogP contribution in [-0.4, -0.2) is 110 Å². The zero-order valence-electron chi connectivity index (χ0n) is 27.4. The van der Waals surface area contributed by atoms with E-state index in [1.165, 1.54) is 0 Å². The lowest BCUT2D eigenvalue weighted by molar-refractivity contribution is -0.869. The second kappa shape index (κ2) is 13.6. The number of carbonyl (C=O) groups excluding carboxylic acids is 1. The summed E-state index contributed by atoms with van der Waals surface area (Å²) in [6.07, 6.45) is 11.4. The number of fused-ring (bicyclic) bond motifs is 5. The molecule has 258 valence electrons. The summed E-state index contributed by atoms with van der Waals surface area (Å²) in [5.74, 6) is -1.53. The molecule has 2 bridgehead atoms. The fourth-order valence-electron chi connectivity index (χ4n) is 8.19. The molecule has 4 aliphatic heterocycles. The number of quaternary nitrogens is 1. The van der Waals surface area contributed by atoms with Crippen LogP contribution in [0.2, 0.25) is 0 Å². The van der Waals surface area contributed by atoms with Gasteiger partial charge in [-0.25, -0.2) is 34.2 Å². The molecule has 2 spiro atoms. The van der Waals surface area contributed by atoms with E-state index in [0.29, 0.717) is 84.8 Å². The topological polar surface area (TPSA) is 129 Å². The molecular formula is C35H44N4O9. The summed E-state index contributed by atoms with van der Waals surface area (Å²) < 4.78 is 33.1. The first kappa shape index (κ1) is 34.7. The Hall–Kier alpha value is -3.16. The number of aliphatic hydroxyl groups excluding tert-OH is 1. The molecule has 0 radical (unpaired) electrons. The van der Waals surface area contributed by atoms with Gasteiger partial charge in [0.25, 0.3) is 0 Å². The van der Waals surface area contributed by atoms with Crippen molar-refractivity contribution in [1.82, 2.24) is 0 Å². The van der Waals surface area contributed by atoms with Crippen LogP contribution in [0.4, 0.5) is 0 Å². The zero-order chi connectivity index (χ0) is 34.0. The van der Waals surface area contributed by atoms with Crippen molar-refractivity contribution in [2.75, 3.05) is 59.8 Å². The molecule has 0 amide bonds. The van der Waals surface area contributed by atoms with E-state index >= 15 is 0 Å². The molecule has 0 aromatic carbocycles. The smallest absolute Gasteiger partial charge is 0.509 e. The van der Waals surface area contributed by atoms with Crippen LogP contribution in [0.1, 0.15) is 51.4 Å². The Bertz CT molecular complexity index is 1430. The molecule has 4 heterocycles. The van der Waals surface area contributed by atoms with Gasteiger partial charge in [-0.15, -0.1) is 0 Å². The van der Waals surface area contributed by atoms with Gasteiger partial charge in [-0.05, 0) is 18.8 Å². The molecule has 0 aromatic heterocycles. The van der Waals surface area contributed by atoms with Crippen molar-refractivity contribution in [2.45, 2.75) is 86.4 Å². The van der Waals surface area contributed by atoms with Gasteiger partial charge < -0.3 is 43.4 Å². The van der Waals surface area contributed by atoms with E-state index in [0.717, 1.165) is 24.0 Å². The normalized spacial score (nSPS) is 36.0. The molecule has 5 fully saturated rings. The Labute approximate surface area is 281 Å². The van der Waals surface area contributed by atoms with E-state index in [9.17, 15) is 15.1 Å². The molecule has 1 N–H and O–H groups in total. The lowest BCUT2D eigenvalue weighted by Gasteiger charge is -2.41. The van der Waals surface area contributed by atoms with Crippen molar-refractivity contribution in [2.24, 2.45) is 11.8 Å². The van der Waals surface area contributed by atoms with Gasteiger partial charge in [0.05, 0.1) is 59.2 Å². The van der Waals surface area contributed by atoms with Crippen LogP contribution in [-0.2, 0) is 33.2 Å². The van der Waals surface area contributed by atoms with Crippen LogP contribution in [0.3, 0.4) is 0 Å². The predicted octanol–water partition coefficient (Wildman–Crippen LogP) is 3.72. The number of morpholine rings is 1. The minimum atomic E-state index is -1.24. The molecule has 0 aromatic rings. The third-order valence-corrected chi connectivity index (χ3v) is 10.8. The fraction of sp³-hybridized carbons (Fsp3) is 0.714. The monoisotopic (exact) mass is 664 g/mol. The maximum Gasteiger partial charge on any atom is 0.509 e. The zero-order valence-corrected chi connectivity index (χ0v) is 27.4. The quantitative estimate of drug-likeness (QED) is 0.136. The van der Waals surface area contributed by atoms with E-state index in [1.54, 1.807) is 7.05 Å². The number of likely N-dealkylation sites (N-methyl/N-ethyl adjacent to an activating group) is 1. The number of hydrogen-bond donors (Lipinski definition) is 1. The predicted molar refractivity (Wildman–Crippen MR) is 170 cm³/mol. The van der Waals surface area contributed by atoms with Crippen molar-refractivity contribution >= 4 is 5.97 Å². The highest BCUT2D eigenvalue weighted by molar-refractivity contribution is 5.90. The van der Waals surface area contributed by atoms with Crippen LogP contribution in [0, 0.1) is 36.8 Å². The number of hydrogen-bond acceptors (Lipinski definition) is 9. The highest BCUT2D eigenvalue weighted by Crippen LogP contribution is 2.52.